The Morgan fingerprint density at radius 1 is 1.43 bits per heavy atom. The van der Waals surface area contributed by atoms with Crippen LogP contribution in [0, 0.1) is 6.92 Å². The molecule has 1 atom stereocenters. The molecule has 1 fully saturated rings. The van der Waals surface area contributed by atoms with E-state index in [1.165, 1.54) is 24.6 Å². The lowest BCUT2D eigenvalue weighted by molar-refractivity contribution is -0.115. The van der Waals surface area contributed by atoms with Gasteiger partial charge >= 0.3 is 0 Å². The Morgan fingerprint density at radius 2 is 2.10 bits per heavy atom. The number of benzene rings is 1. The Bertz CT molecular complexity index is 544. The lowest BCUT2D eigenvalue weighted by Gasteiger charge is -2.20. The van der Waals surface area contributed by atoms with Crippen LogP contribution in [-0.2, 0) is 4.79 Å². The lowest BCUT2D eigenvalue weighted by atomic mass is 10.2. The van der Waals surface area contributed by atoms with E-state index in [1.807, 2.05) is 32.0 Å². The van der Waals surface area contributed by atoms with Gasteiger partial charge in [-0.3, -0.25) is 4.79 Å². The molecule has 1 amide bonds. The van der Waals surface area contributed by atoms with Crippen molar-refractivity contribution in [3.05, 3.63) is 28.2 Å². The molecular weight excluding hydrogens is 368 g/mol. The van der Waals surface area contributed by atoms with Crippen LogP contribution in [0.15, 0.2) is 22.7 Å². The van der Waals surface area contributed by atoms with E-state index < -0.39 is 0 Å². The van der Waals surface area contributed by atoms with Crippen LogP contribution in [0.2, 0.25) is 0 Å². The van der Waals surface area contributed by atoms with E-state index in [4.69, 9.17) is 12.2 Å². The summed E-state index contributed by atoms with van der Waals surface area (Å²) in [4.78, 5) is 14.5. The maximum Gasteiger partial charge on any atom is 0.237 e. The molecule has 1 heterocycles. The van der Waals surface area contributed by atoms with Gasteiger partial charge in [0.1, 0.15) is 4.32 Å². The molecule has 1 aliphatic rings. The van der Waals surface area contributed by atoms with E-state index in [-0.39, 0.29) is 11.2 Å². The first kappa shape index (κ1) is 16.8. The van der Waals surface area contributed by atoms with Crippen molar-refractivity contribution in [2.75, 3.05) is 18.4 Å². The maximum atomic E-state index is 12.3. The maximum absolute atomic E-state index is 12.3. The van der Waals surface area contributed by atoms with Crippen molar-refractivity contribution in [1.29, 1.82) is 0 Å². The molecule has 0 bridgehead atoms. The quantitative estimate of drug-likeness (QED) is 0.788. The van der Waals surface area contributed by atoms with Crippen molar-refractivity contribution in [2.24, 2.45) is 0 Å². The average Bonchev–Trinajstić information content (AvgIpc) is 2.95. The van der Waals surface area contributed by atoms with Crippen LogP contribution in [0.4, 0.5) is 5.69 Å². The molecule has 1 aromatic carbocycles. The Hall–Kier alpha value is -0.590. The largest absolute Gasteiger partial charge is 0.358 e. The highest BCUT2D eigenvalue weighted by Gasteiger charge is 2.21. The lowest BCUT2D eigenvalue weighted by Crippen LogP contribution is -2.29. The van der Waals surface area contributed by atoms with Gasteiger partial charge < -0.3 is 10.2 Å². The van der Waals surface area contributed by atoms with Crippen LogP contribution >= 0.6 is 39.9 Å². The van der Waals surface area contributed by atoms with Gasteiger partial charge in [-0.25, -0.2) is 0 Å². The number of thioether (sulfide) groups is 1. The number of rotatable bonds is 3. The van der Waals surface area contributed by atoms with E-state index in [0.717, 1.165) is 33.1 Å². The van der Waals surface area contributed by atoms with Gasteiger partial charge in [-0.05, 0) is 60.3 Å². The molecule has 1 unspecified atom stereocenters. The van der Waals surface area contributed by atoms with Gasteiger partial charge in [-0.2, -0.15) is 0 Å². The summed E-state index contributed by atoms with van der Waals surface area (Å²) in [6.07, 6.45) is 2.38. The second-order valence-corrected chi connectivity index (χ2v) is 8.02. The normalized spacial score (nSPS) is 15.9. The van der Waals surface area contributed by atoms with Crippen LogP contribution in [0.5, 0.6) is 0 Å². The van der Waals surface area contributed by atoms with Gasteiger partial charge in [0.15, 0.2) is 0 Å². The Kier molecular flexibility index (Phi) is 6.08. The number of hydrogen-bond acceptors (Lipinski definition) is 3. The SMILES string of the molecule is Cc1ccc(NC(=O)C(C)SC(=S)N2CCCC2)c(Br)c1. The second kappa shape index (κ2) is 7.61. The van der Waals surface area contributed by atoms with Crippen molar-refractivity contribution >= 4 is 55.8 Å². The molecule has 0 radical (unpaired) electrons. The highest BCUT2D eigenvalue weighted by molar-refractivity contribution is 9.10. The van der Waals surface area contributed by atoms with Gasteiger partial charge in [-0.15, -0.1) is 0 Å². The predicted octanol–water partition coefficient (Wildman–Crippen LogP) is 4.20. The third-order valence-electron chi connectivity index (χ3n) is 3.39. The first-order chi connectivity index (χ1) is 9.97. The molecule has 0 spiro atoms. The summed E-state index contributed by atoms with van der Waals surface area (Å²) >= 11 is 10.4. The molecule has 0 aromatic heterocycles. The molecule has 0 aliphatic carbocycles. The molecule has 114 valence electrons. The van der Waals surface area contributed by atoms with Gasteiger partial charge in [-0.1, -0.05) is 30.0 Å². The molecular formula is C15H19BrN2OS2. The van der Waals surface area contributed by atoms with Gasteiger partial charge in [0.2, 0.25) is 5.91 Å². The topological polar surface area (TPSA) is 32.3 Å². The number of carbonyl (C=O) groups is 1. The summed E-state index contributed by atoms with van der Waals surface area (Å²) in [5.41, 5.74) is 1.95. The van der Waals surface area contributed by atoms with Crippen molar-refractivity contribution in [1.82, 2.24) is 4.90 Å². The summed E-state index contributed by atoms with van der Waals surface area (Å²) in [6.45, 7) is 5.95. The Labute approximate surface area is 144 Å². The molecule has 1 saturated heterocycles. The number of carbonyl (C=O) groups excluding carboxylic acids is 1. The summed E-state index contributed by atoms with van der Waals surface area (Å²) in [7, 11) is 0. The van der Waals surface area contributed by atoms with E-state index in [2.05, 4.69) is 26.1 Å². The van der Waals surface area contributed by atoms with Crippen molar-refractivity contribution in [3.63, 3.8) is 0 Å². The fourth-order valence-corrected chi connectivity index (χ4v) is 4.14. The van der Waals surface area contributed by atoms with Crippen molar-refractivity contribution < 1.29 is 4.79 Å². The number of nitrogens with zero attached hydrogens (tertiary/aromatic N) is 1. The Balaban J connectivity index is 1.91. The first-order valence-electron chi connectivity index (χ1n) is 7.00. The van der Waals surface area contributed by atoms with Crippen LogP contribution in [0.3, 0.4) is 0 Å². The summed E-state index contributed by atoms with van der Waals surface area (Å²) in [6, 6.07) is 5.88. The smallest absolute Gasteiger partial charge is 0.237 e. The zero-order chi connectivity index (χ0) is 15.4. The molecule has 21 heavy (non-hydrogen) atoms. The van der Waals surface area contributed by atoms with Crippen LogP contribution in [-0.4, -0.2) is 33.5 Å². The van der Waals surface area contributed by atoms with Gasteiger partial charge in [0, 0.05) is 17.6 Å². The minimum Gasteiger partial charge on any atom is -0.358 e. The fourth-order valence-electron chi connectivity index (χ4n) is 2.13. The minimum atomic E-state index is -0.202. The zero-order valence-corrected chi connectivity index (χ0v) is 15.4. The number of thiocarbonyl (C=S) groups is 1. The highest BCUT2D eigenvalue weighted by atomic mass is 79.9. The highest BCUT2D eigenvalue weighted by Crippen LogP contribution is 2.25. The molecule has 1 aliphatic heterocycles. The molecule has 1 aromatic rings. The number of likely N-dealkylation sites (tertiary alicyclic amines) is 1. The fraction of sp³-hybridized carbons (Fsp3) is 0.467. The van der Waals surface area contributed by atoms with Crippen LogP contribution in [0.25, 0.3) is 0 Å². The number of hydrogen-bond donors (Lipinski definition) is 1. The number of amides is 1. The van der Waals surface area contributed by atoms with E-state index in [0.29, 0.717) is 0 Å². The van der Waals surface area contributed by atoms with E-state index >= 15 is 0 Å². The number of halogens is 1. The van der Waals surface area contributed by atoms with Crippen LogP contribution in [0.1, 0.15) is 25.3 Å². The predicted molar refractivity (Wildman–Crippen MR) is 98.0 cm³/mol. The van der Waals surface area contributed by atoms with Gasteiger partial charge in [0.05, 0.1) is 10.9 Å². The molecule has 3 nitrogen and oxygen atoms in total. The minimum absolute atomic E-state index is 0.0221. The monoisotopic (exact) mass is 386 g/mol. The summed E-state index contributed by atoms with van der Waals surface area (Å²) in [5, 5.41) is 2.75. The summed E-state index contributed by atoms with van der Waals surface area (Å²) < 4.78 is 1.73. The Morgan fingerprint density at radius 3 is 2.71 bits per heavy atom. The average molecular weight is 387 g/mol. The summed E-state index contributed by atoms with van der Waals surface area (Å²) in [5.74, 6) is -0.0221. The van der Waals surface area contributed by atoms with Gasteiger partial charge in [0.25, 0.3) is 0 Å². The molecule has 6 heteroatoms. The van der Waals surface area contributed by atoms with Crippen LogP contribution < -0.4 is 5.32 Å². The number of aryl methyl sites for hydroxylation is 1. The number of nitrogens with one attached hydrogen (secondary N) is 1. The third kappa shape index (κ3) is 4.69. The van der Waals surface area contributed by atoms with E-state index in [9.17, 15) is 4.79 Å². The molecule has 2 rings (SSSR count). The standard InChI is InChI=1S/C15H19BrN2OS2/c1-10-5-6-13(12(16)9-10)17-14(19)11(2)21-15(20)18-7-3-4-8-18/h5-6,9,11H,3-4,7-8H2,1-2H3,(H,17,19). The zero-order valence-electron chi connectivity index (χ0n) is 12.2. The van der Waals surface area contributed by atoms with Crippen molar-refractivity contribution in [3.8, 4) is 0 Å². The molecule has 1 N–H and O–H groups in total. The molecule has 0 saturated carbocycles. The number of anilines is 1. The second-order valence-electron chi connectivity index (χ2n) is 5.19. The van der Waals surface area contributed by atoms with E-state index in [1.54, 1.807) is 0 Å². The first-order valence-corrected chi connectivity index (χ1v) is 9.08. The van der Waals surface area contributed by atoms with Crippen molar-refractivity contribution in [2.45, 2.75) is 31.9 Å². The third-order valence-corrected chi connectivity index (χ3v) is 5.62.